The van der Waals surface area contributed by atoms with Crippen LogP contribution in [0.5, 0.6) is 0 Å². The van der Waals surface area contributed by atoms with E-state index < -0.39 is 0 Å². The van der Waals surface area contributed by atoms with Crippen molar-refractivity contribution in [2.45, 2.75) is 13.5 Å². The molecule has 0 saturated carbocycles. The molecule has 0 spiro atoms. The van der Waals surface area contributed by atoms with Gasteiger partial charge in [-0.1, -0.05) is 5.16 Å². The van der Waals surface area contributed by atoms with Gasteiger partial charge in [-0.2, -0.15) is 0 Å². The average molecular weight is 344 g/mol. The minimum atomic E-state index is 0.760. The van der Waals surface area contributed by atoms with Crippen LogP contribution in [0.25, 0.3) is 0 Å². The number of aryl methyl sites for hydroxylation is 1. The molecule has 2 aromatic rings. The van der Waals surface area contributed by atoms with Crippen LogP contribution in [-0.2, 0) is 11.3 Å². The van der Waals surface area contributed by atoms with Crippen LogP contribution in [0.15, 0.2) is 22.7 Å². The van der Waals surface area contributed by atoms with Gasteiger partial charge in [-0.3, -0.25) is 4.90 Å². The number of morpholine rings is 1. The van der Waals surface area contributed by atoms with Crippen LogP contribution in [-0.4, -0.2) is 72.7 Å². The van der Waals surface area contributed by atoms with E-state index in [1.54, 1.807) is 0 Å². The molecular weight excluding hydrogens is 320 g/mol. The first-order valence-corrected chi connectivity index (χ1v) is 8.84. The van der Waals surface area contributed by atoms with Crippen molar-refractivity contribution in [1.82, 2.24) is 20.3 Å². The molecule has 25 heavy (non-hydrogen) atoms. The van der Waals surface area contributed by atoms with Gasteiger partial charge in [-0.15, -0.1) is 10.2 Å². The zero-order valence-corrected chi connectivity index (χ0v) is 14.6. The van der Waals surface area contributed by atoms with Gasteiger partial charge in [-0.05, 0) is 19.1 Å². The van der Waals surface area contributed by atoms with Gasteiger partial charge in [0.15, 0.2) is 11.6 Å². The first-order chi connectivity index (χ1) is 12.3. The predicted molar refractivity (Wildman–Crippen MR) is 93.8 cm³/mol. The van der Waals surface area contributed by atoms with E-state index in [4.69, 9.17) is 9.26 Å². The van der Waals surface area contributed by atoms with Gasteiger partial charge >= 0.3 is 0 Å². The molecule has 8 heteroatoms. The van der Waals surface area contributed by atoms with Crippen molar-refractivity contribution in [2.75, 3.05) is 62.3 Å². The molecule has 0 aliphatic carbocycles. The van der Waals surface area contributed by atoms with E-state index in [0.717, 1.165) is 82.1 Å². The summed E-state index contributed by atoms with van der Waals surface area (Å²) >= 11 is 0. The van der Waals surface area contributed by atoms with E-state index in [2.05, 4.69) is 42.2 Å². The molecule has 4 rings (SSSR count). The third-order valence-corrected chi connectivity index (χ3v) is 4.73. The highest BCUT2D eigenvalue weighted by Crippen LogP contribution is 2.18. The minimum absolute atomic E-state index is 0.760. The fraction of sp³-hybridized carbons (Fsp3) is 0.588. The number of ether oxygens (including phenoxy) is 1. The van der Waals surface area contributed by atoms with Crippen molar-refractivity contribution >= 4 is 11.6 Å². The molecule has 2 saturated heterocycles. The summed E-state index contributed by atoms with van der Waals surface area (Å²) in [6.07, 6.45) is 0. The number of anilines is 2. The van der Waals surface area contributed by atoms with E-state index in [-0.39, 0.29) is 0 Å². The topological polar surface area (TPSA) is 70.8 Å². The van der Waals surface area contributed by atoms with Crippen LogP contribution < -0.4 is 9.80 Å². The molecular formula is C17H24N6O2. The number of hydrogen-bond acceptors (Lipinski definition) is 8. The number of rotatable bonds is 4. The quantitative estimate of drug-likeness (QED) is 0.811. The Balaban J connectivity index is 1.31. The normalized spacial score (nSPS) is 19.4. The van der Waals surface area contributed by atoms with E-state index in [1.165, 1.54) is 0 Å². The standard InChI is InChI=1S/C17H24N6O2/c1-14-12-15(20-25-14)13-21-4-6-22(7-5-21)16-2-3-17(19-18-16)23-8-10-24-11-9-23/h2-3,12H,4-11,13H2,1H3. The van der Waals surface area contributed by atoms with E-state index in [9.17, 15) is 0 Å². The van der Waals surface area contributed by atoms with Crippen molar-refractivity contribution in [3.8, 4) is 0 Å². The van der Waals surface area contributed by atoms with Crippen LogP contribution in [0.2, 0.25) is 0 Å². The minimum Gasteiger partial charge on any atom is -0.378 e. The lowest BCUT2D eigenvalue weighted by Gasteiger charge is -2.35. The fourth-order valence-electron chi connectivity index (χ4n) is 3.30. The number of aromatic nitrogens is 3. The van der Waals surface area contributed by atoms with Crippen LogP contribution >= 0.6 is 0 Å². The number of piperazine rings is 1. The molecule has 4 heterocycles. The van der Waals surface area contributed by atoms with Crippen molar-refractivity contribution in [1.29, 1.82) is 0 Å². The van der Waals surface area contributed by atoms with Crippen LogP contribution in [0.4, 0.5) is 11.6 Å². The smallest absolute Gasteiger partial charge is 0.151 e. The summed E-state index contributed by atoms with van der Waals surface area (Å²) < 4.78 is 10.5. The van der Waals surface area contributed by atoms with Gasteiger partial charge < -0.3 is 19.1 Å². The Labute approximate surface area is 147 Å². The molecule has 0 N–H and O–H groups in total. The molecule has 2 fully saturated rings. The Hall–Kier alpha value is -2.19. The summed E-state index contributed by atoms with van der Waals surface area (Å²) in [5, 5.41) is 12.9. The molecule has 0 amide bonds. The molecule has 0 unspecified atom stereocenters. The molecule has 0 radical (unpaired) electrons. The molecule has 0 aromatic carbocycles. The SMILES string of the molecule is Cc1cc(CN2CCN(c3ccc(N4CCOCC4)nn3)CC2)no1. The van der Waals surface area contributed by atoms with Crippen molar-refractivity contribution in [2.24, 2.45) is 0 Å². The molecule has 2 aliphatic heterocycles. The first-order valence-electron chi connectivity index (χ1n) is 8.84. The first kappa shape index (κ1) is 16.3. The summed E-state index contributed by atoms with van der Waals surface area (Å²) in [6, 6.07) is 6.15. The largest absolute Gasteiger partial charge is 0.378 e. The van der Waals surface area contributed by atoms with E-state index in [1.807, 2.05) is 13.0 Å². The summed E-state index contributed by atoms with van der Waals surface area (Å²) in [5.41, 5.74) is 1.00. The second-order valence-electron chi connectivity index (χ2n) is 6.54. The summed E-state index contributed by atoms with van der Waals surface area (Å²) in [4.78, 5) is 6.90. The predicted octanol–water partition coefficient (Wildman–Crippen LogP) is 0.932. The summed E-state index contributed by atoms with van der Waals surface area (Å²) in [7, 11) is 0. The van der Waals surface area contributed by atoms with Gasteiger partial charge in [0.2, 0.25) is 0 Å². The summed E-state index contributed by atoms with van der Waals surface area (Å²) in [6.45, 7) is 9.91. The molecule has 0 bridgehead atoms. The lowest BCUT2D eigenvalue weighted by Crippen LogP contribution is -2.46. The lowest BCUT2D eigenvalue weighted by atomic mass is 10.2. The van der Waals surface area contributed by atoms with Gasteiger partial charge in [0.25, 0.3) is 0 Å². The zero-order valence-electron chi connectivity index (χ0n) is 14.6. The Bertz CT molecular complexity index is 675. The van der Waals surface area contributed by atoms with Gasteiger partial charge in [-0.25, -0.2) is 0 Å². The highest BCUT2D eigenvalue weighted by molar-refractivity contribution is 5.45. The van der Waals surface area contributed by atoms with Gasteiger partial charge in [0, 0.05) is 51.9 Å². The Morgan fingerprint density at radius 2 is 1.56 bits per heavy atom. The molecule has 134 valence electrons. The molecule has 2 aliphatic rings. The number of hydrogen-bond donors (Lipinski definition) is 0. The van der Waals surface area contributed by atoms with Crippen molar-refractivity contribution in [3.63, 3.8) is 0 Å². The zero-order chi connectivity index (χ0) is 17.1. The maximum Gasteiger partial charge on any atom is 0.151 e. The second kappa shape index (κ2) is 7.37. The highest BCUT2D eigenvalue weighted by atomic mass is 16.5. The summed E-state index contributed by atoms with van der Waals surface area (Å²) in [5.74, 6) is 2.75. The van der Waals surface area contributed by atoms with Crippen molar-refractivity contribution < 1.29 is 9.26 Å². The third-order valence-electron chi connectivity index (χ3n) is 4.73. The highest BCUT2D eigenvalue weighted by Gasteiger charge is 2.20. The number of nitrogens with zero attached hydrogens (tertiary/aromatic N) is 6. The maximum atomic E-state index is 5.38. The van der Waals surface area contributed by atoms with Gasteiger partial charge in [0.05, 0.1) is 18.9 Å². The van der Waals surface area contributed by atoms with Crippen molar-refractivity contribution in [3.05, 3.63) is 29.7 Å². The monoisotopic (exact) mass is 344 g/mol. The molecule has 0 atom stereocenters. The average Bonchev–Trinajstić information content (AvgIpc) is 3.08. The Morgan fingerprint density at radius 3 is 2.12 bits per heavy atom. The van der Waals surface area contributed by atoms with E-state index in [0.29, 0.717) is 0 Å². The van der Waals surface area contributed by atoms with Crippen LogP contribution in [0, 0.1) is 6.92 Å². The second-order valence-corrected chi connectivity index (χ2v) is 6.54. The fourth-order valence-corrected chi connectivity index (χ4v) is 3.30. The Kier molecular flexibility index (Phi) is 4.80. The van der Waals surface area contributed by atoms with Crippen LogP contribution in [0.1, 0.15) is 11.5 Å². The maximum absolute atomic E-state index is 5.38. The van der Waals surface area contributed by atoms with Gasteiger partial charge in [0.1, 0.15) is 5.76 Å². The van der Waals surface area contributed by atoms with E-state index >= 15 is 0 Å². The van der Waals surface area contributed by atoms with Crippen LogP contribution in [0.3, 0.4) is 0 Å². The molecule has 2 aromatic heterocycles. The Morgan fingerprint density at radius 1 is 0.920 bits per heavy atom. The lowest BCUT2D eigenvalue weighted by molar-refractivity contribution is 0.122. The third kappa shape index (κ3) is 3.91. The molecule has 8 nitrogen and oxygen atoms in total.